The Balaban J connectivity index is 0.000000333. The second kappa shape index (κ2) is 63.9. The molecule has 0 aromatic heterocycles. The number of carboxylic acid groups (broad SMARTS) is 1. The van der Waals surface area contributed by atoms with E-state index in [9.17, 15) is 58.2 Å². The number of aliphatic hydroxyl groups excluding tert-OH is 3. The number of aliphatic hydroxyl groups is 3. The maximum atomic E-state index is 12.2. The van der Waals surface area contributed by atoms with Crippen LogP contribution >= 0.6 is 31.9 Å². The number of aldehydes is 1. The molecule has 0 saturated heterocycles. The summed E-state index contributed by atoms with van der Waals surface area (Å²) in [5.74, 6) is 43.1. The van der Waals surface area contributed by atoms with Gasteiger partial charge in [-0.15, -0.1) is 6.42 Å². The van der Waals surface area contributed by atoms with E-state index < -0.39 is 72.1 Å². The highest BCUT2D eigenvalue weighted by molar-refractivity contribution is 9.28. The average Bonchev–Trinajstić information content (AvgIpc) is 0.857. The van der Waals surface area contributed by atoms with Gasteiger partial charge in [-0.1, -0.05) is 169 Å². The number of carbonyl (C=O) groups excluding carboxylic acids is 9. The highest BCUT2D eigenvalue weighted by Crippen LogP contribution is 2.19. The smallest absolute Gasteiger partial charge is 0.337 e. The minimum absolute atomic E-state index is 0.181. The quantitative estimate of drug-likeness (QED) is 0.0108. The SMILES string of the molecule is C#Cc1ccccc1.CC(=O)[C@@H](N)[C@@H](C)O.COC(=O)[C@@H](NC(=O)c1ccc(C#CC#Cc2ccccc2)cc1)[C@@H](C)O.COC(=O)c1ccc(C#CC#Cc2ccccc2)cc1.COC(=O)c1ccc(C=C(Br)Br)cc1.COC(=O)c1ccc(C=O)cc1.C[C@@H](O)[C@H](NC(=O)c1ccc(C#CC#Cc2ccccc2)cc1)C(=O)NO.O=C(O)c1ccc(C#CC#Cc2ccccc2)cc1. The first-order valence-electron chi connectivity index (χ1n) is 40.3. The molecule has 25 heteroatoms. The van der Waals surface area contributed by atoms with Gasteiger partial charge in [0.1, 0.15) is 18.1 Å². The Morgan fingerprint density at radius 2 is 0.607 bits per heavy atom. The van der Waals surface area contributed by atoms with Crippen molar-refractivity contribution in [1.82, 2.24) is 16.1 Å². The number of carboxylic acids is 1. The van der Waals surface area contributed by atoms with E-state index >= 15 is 0 Å². The van der Waals surface area contributed by atoms with Crippen molar-refractivity contribution >= 4 is 97.6 Å². The lowest BCUT2D eigenvalue weighted by Crippen LogP contribution is -2.51. The van der Waals surface area contributed by atoms with Crippen LogP contribution in [0, 0.1) is 107 Å². The number of esters is 4. The predicted octanol–water partition coefficient (Wildman–Crippen LogP) is 14.3. The van der Waals surface area contributed by atoms with Gasteiger partial charge in [0.25, 0.3) is 17.7 Å². The summed E-state index contributed by atoms with van der Waals surface area (Å²) >= 11 is 6.52. The molecule has 3 amide bonds. The fourth-order valence-corrected chi connectivity index (χ4v) is 10.4. The van der Waals surface area contributed by atoms with Crippen molar-refractivity contribution in [1.29, 1.82) is 0 Å². The molecule has 0 radical (unpaired) electrons. The van der Waals surface area contributed by atoms with Crippen LogP contribution in [-0.2, 0) is 33.3 Å². The van der Waals surface area contributed by atoms with Gasteiger partial charge in [0, 0.05) is 66.8 Å². The topological polar surface area (TPSA) is 371 Å². The molecule has 0 spiro atoms. The number of ether oxygens (including phenoxy) is 4. The van der Waals surface area contributed by atoms with Crippen LogP contribution in [0.3, 0.4) is 0 Å². The highest BCUT2D eigenvalue weighted by atomic mass is 79.9. The van der Waals surface area contributed by atoms with E-state index in [0.29, 0.717) is 38.9 Å². The number of amides is 3. The molecule has 135 heavy (non-hydrogen) atoms. The first-order valence-corrected chi connectivity index (χ1v) is 41.9. The third kappa shape index (κ3) is 45.3. The standard InChI is InChI=1S/C22H19NO4.C21H18N2O4.C18H12O2.C17H10O2.C10H8Br2O2.C9H8O3.C8H6.C5H11NO2/c1-16(24)20(22(26)27-2)23-21(25)19-14-12-18(13-15-19)11-7-6-10-17-8-4-3-5-9-17;1-15(24)19(21(26)23-27)22-20(25)18-13-11-17(12-14-18)10-6-5-9-16-7-3-2-4-8-16;1-20-18(19)17-13-11-16(12-14-17)10-6-5-9-15-7-3-2-4-8-15;18-17(19)16-12-10-15(11-13-16)9-5-4-8-14-6-2-1-3-7-14;1-14-10(13)8-4-2-7(3-5-8)6-9(11)12;1-12-9(11)8-4-2-7(6-10)3-5-8;1-2-8-6-4-3-5-7-8;1-3(7)5(6)4(2)8/h3-5,8-9,12-16,20,24H,1-2H3,(H,23,25);2-4,7-8,11-15,19,24,27H,1H3,(H,22,25)(H,23,26);2-4,7-8,11-14H,1H3;1-3,6-7,10-13H,(H,18,19);2-6H,1H3;2-6H,1H3;1,3-7H;3,5,7H,6H2,1-2H3/t16-,20+;15-,19+;;;;;;3-,5+/m11.....1/s1. The number of methoxy groups -OCH3 is 4. The van der Waals surface area contributed by atoms with Crippen LogP contribution in [0.5, 0.6) is 0 Å². The molecule has 0 heterocycles. The van der Waals surface area contributed by atoms with Crippen molar-refractivity contribution in [3.05, 3.63) is 395 Å². The third-order valence-electron chi connectivity index (χ3n) is 17.1. The molecule has 0 aliphatic heterocycles. The first kappa shape index (κ1) is 110. The summed E-state index contributed by atoms with van der Waals surface area (Å²) in [7, 11) is 5.23. The monoisotopic (exact) mass is 1930 g/mol. The lowest BCUT2D eigenvalue weighted by molar-refractivity contribution is -0.145. The summed E-state index contributed by atoms with van der Waals surface area (Å²) in [6.45, 7) is 5.58. The van der Waals surface area contributed by atoms with Gasteiger partial charge in [0.05, 0.1) is 78.4 Å². The van der Waals surface area contributed by atoms with Crippen LogP contribution in [0.1, 0.15) is 156 Å². The van der Waals surface area contributed by atoms with E-state index in [1.807, 2.05) is 170 Å². The van der Waals surface area contributed by atoms with Crippen LogP contribution < -0.4 is 21.8 Å². The van der Waals surface area contributed by atoms with Crippen molar-refractivity contribution in [2.24, 2.45) is 5.73 Å². The summed E-state index contributed by atoms with van der Waals surface area (Å²) in [5, 5.41) is 50.0. The molecule has 0 bridgehead atoms. The number of nitrogens with two attached hydrogens (primary N) is 1. The number of terminal acetylenes is 1. The summed E-state index contributed by atoms with van der Waals surface area (Å²) in [4.78, 5) is 112. The Morgan fingerprint density at radius 1 is 0.356 bits per heavy atom. The Labute approximate surface area is 801 Å². The Bertz CT molecular complexity index is 6200. The van der Waals surface area contributed by atoms with Crippen LogP contribution in [-0.4, -0.2) is 150 Å². The zero-order valence-corrected chi connectivity index (χ0v) is 77.4. The Kier molecular flexibility index (Phi) is 52.3. The Hall–Kier alpha value is -16.9. The van der Waals surface area contributed by atoms with Crippen molar-refractivity contribution in [3.63, 3.8) is 0 Å². The average molecular weight is 1930 g/mol. The number of benzene rings is 11. The van der Waals surface area contributed by atoms with E-state index in [4.69, 9.17) is 27.6 Å². The number of rotatable bonds is 16. The number of hydrogen-bond acceptors (Lipinski definition) is 19. The molecule has 23 nitrogen and oxygen atoms in total. The number of ketones is 1. The number of hydroxylamine groups is 1. The van der Waals surface area contributed by atoms with Gasteiger partial charge < -0.3 is 55.7 Å². The molecule has 0 aliphatic carbocycles. The third-order valence-corrected chi connectivity index (χ3v) is 17.6. The zero-order valence-electron chi connectivity index (χ0n) is 74.3. The molecular weight excluding hydrogens is 1840 g/mol. The van der Waals surface area contributed by atoms with Gasteiger partial charge >= 0.3 is 29.8 Å². The lowest BCUT2D eigenvalue weighted by atomic mass is 10.1. The van der Waals surface area contributed by atoms with E-state index in [0.717, 1.165) is 54.2 Å². The molecule has 11 aromatic carbocycles. The normalized spacial score (nSPS) is 10.4. The number of carbonyl (C=O) groups is 10. The molecule has 10 N–H and O–H groups in total. The molecule has 11 rings (SSSR count). The van der Waals surface area contributed by atoms with Gasteiger partial charge in [-0.3, -0.25) is 29.2 Å². The molecule has 0 saturated carbocycles. The predicted molar refractivity (Wildman–Crippen MR) is 524 cm³/mol. The maximum Gasteiger partial charge on any atom is 0.337 e. The van der Waals surface area contributed by atoms with E-state index in [1.54, 1.807) is 121 Å². The van der Waals surface area contributed by atoms with Crippen LogP contribution in [0.4, 0.5) is 0 Å². The molecular formula is C110H92Br2N4O19. The maximum absolute atomic E-state index is 12.2. The van der Waals surface area contributed by atoms with Gasteiger partial charge in [-0.05, 0) is 301 Å². The summed E-state index contributed by atoms with van der Waals surface area (Å²) < 4.78 is 19.1. The Morgan fingerprint density at radius 3 is 0.822 bits per heavy atom. The molecule has 6 atom stereocenters. The van der Waals surface area contributed by atoms with E-state index in [2.05, 4.69) is 162 Å². The van der Waals surface area contributed by atoms with Crippen molar-refractivity contribution < 1.29 is 92.5 Å². The van der Waals surface area contributed by atoms with Gasteiger partial charge in [0.15, 0.2) is 6.04 Å². The molecule has 0 aliphatic rings. The molecule has 0 fully saturated rings. The molecule has 680 valence electrons. The number of nitrogens with one attached hydrogen (secondary N) is 3. The van der Waals surface area contributed by atoms with Crippen molar-refractivity contribution in [2.75, 3.05) is 28.4 Å². The second-order valence-corrected chi connectivity index (χ2v) is 29.9. The zero-order chi connectivity index (χ0) is 99.1. The minimum atomic E-state index is -1.27. The summed E-state index contributed by atoms with van der Waals surface area (Å²) in [5.41, 5.74) is 18.0. The largest absolute Gasteiger partial charge is 0.478 e. The highest BCUT2D eigenvalue weighted by Gasteiger charge is 2.28. The fraction of sp³-hybridized carbons (Fsp3) is 0.127. The minimum Gasteiger partial charge on any atom is -0.478 e. The molecule has 0 unspecified atom stereocenters. The van der Waals surface area contributed by atoms with E-state index in [-0.39, 0.29) is 28.8 Å². The van der Waals surface area contributed by atoms with Crippen LogP contribution in [0.2, 0.25) is 0 Å². The fourth-order valence-electron chi connectivity index (χ4n) is 9.90. The number of Topliss-reactive ketones (excluding diaryl/α,β-unsaturated/α-hetero) is 1. The first-order chi connectivity index (χ1) is 65.0. The van der Waals surface area contributed by atoms with Gasteiger partial charge in [0.2, 0.25) is 0 Å². The van der Waals surface area contributed by atoms with Crippen molar-refractivity contribution in [2.45, 2.75) is 64.1 Å². The van der Waals surface area contributed by atoms with Gasteiger partial charge in [-0.2, -0.15) is 0 Å². The van der Waals surface area contributed by atoms with E-state index in [1.165, 1.54) is 73.7 Å². The van der Waals surface area contributed by atoms with Crippen LogP contribution in [0.15, 0.2) is 301 Å². The summed E-state index contributed by atoms with van der Waals surface area (Å²) in [6.07, 6.45) is 4.74. The van der Waals surface area contributed by atoms with Crippen LogP contribution in [0.25, 0.3) is 6.08 Å². The molecule has 11 aromatic rings. The number of aromatic carboxylic acids is 1. The number of halogens is 2. The second-order valence-electron chi connectivity index (χ2n) is 27.1. The van der Waals surface area contributed by atoms with Gasteiger partial charge in [-0.25, -0.2) is 29.5 Å². The number of hydrogen-bond donors (Lipinski definition) is 9. The lowest BCUT2D eigenvalue weighted by Gasteiger charge is -2.19. The van der Waals surface area contributed by atoms with Crippen molar-refractivity contribution in [3.8, 4) is 107 Å². The summed E-state index contributed by atoms with van der Waals surface area (Å²) in [6, 6.07) is 84.3.